The quantitative estimate of drug-likeness (QED) is 0.337. The minimum absolute atomic E-state index is 1.13. The average molecular weight is 379 g/mol. The fourth-order valence-corrected chi connectivity index (χ4v) is 5.40. The van der Waals surface area contributed by atoms with Gasteiger partial charge in [-0.15, -0.1) is 11.3 Å². The van der Waals surface area contributed by atoms with Crippen LogP contribution >= 0.6 is 11.3 Å². The van der Waals surface area contributed by atoms with Gasteiger partial charge >= 0.3 is 0 Å². The topological polar surface area (TPSA) is 17.0 Å². The molecular formula is C25H18N2S. The molecule has 0 aliphatic rings. The molecule has 0 saturated heterocycles. The van der Waals surface area contributed by atoms with Crippen LogP contribution in [0.3, 0.4) is 0 Å². The minimum Gasteiger partial charge on any atom is -0.388 e. The molecule has 0 amide bonds. The van der Waals surface area contributed by atoms with Crippen molar-refractivity contribution in [3.63, 3.8) is 0 Å². The Morgan fingerprint density at radius 2 is 1.39 bits per heavy atom. The van der Waals surface area contributed by atoms with Crippen LogP contribution in [0.2, 0.25) is 0 Å². The largest absolute Gasteiger partial charge is 0.388 e. The first-order valence-electron chi connectivity index (χ1n) is 9.46. The number of hydrogen-bond acceptors (Lipinski definition) is 2. The normalized spacial score (nSPS) is 11.8. The van der Waals surface area contributed by atoms with E-state index in [-0.39, 0.29) is 0 Å². The van der Waals surface area contributed by atoms with Gasteiger partial charge in [-0.25, -0.2) is 0 Å². The van der Waals surface area contributed by atoms with Gasteiger partial charge < -0.3 is 9.88 Å². The number of aromatic nitrogens is 1. The summed E-state index contributed by atoms with van der Waals surface area (Å²) in [5, 5.41) is 8.50. The zero-order chi connectivity index (χ0) is 18.7. The monoisotopic (exact) mass is 378 g/mol. The molecule has 0 saturated carbocycles. The lowest BCUT2D eigenvalue weighted by Crippen LogP contribution is -1.93. The summed E-state index contributed by atoms with van der Waals surface area (Å²) < 4.78 is 5.06. The van der Waals surface area contributed by atoms with Crippen molar-refractivity contribution in [2.24, 2.45) is 0 Å². The number of nitrogens with zero attached hydrogens (tertiary/aromatic N) is 1. The first-order valence-corrected chi connectivity index (χ1v) is 10.3. The summed E-state index contributed by atoms with van der Waals surface area (Å²) in [6.07, 6.45) is 0. The molecule has 0 radical (unpaired) electrons. The fourth-order valence-electron chi connectivity index (χ4n) is 4.26. The van der Waals surface area contributed by atoms with Crippen LogP contribution in [0, 0.1) is 0 Å². The number of benzene rings is 4. The molecular weight excluding hydrogens is 360 g/mol. The highest BCUT2D eigenvalue weighted by Gasteiger charge is 2.13. The second-order valence-corrected chi connectivity index (χ2v) is 8.20. The zero-order valence-corrected chi connectivity index (χ0v) is 16.3. The first kappa shape index (κ1) is 15.7. The van der Waals surface area contributed by atoms with Crippen LogP contribution in [0.5, 0.6) is 0 Å². The summed E-state index contributed by atoms with van der Waals surface area (Å²) in [4.78, 5) is 0. The lowest BCUT2D eigenvalue weighted by Gasteiger charge is -2.08. The molecule has 134 valence electrons. The number of thiophene rings is 1. The van der Waals surface area contributed by atoms with Gasteiger partial charge in [0.15, 0.2) is 0 Å². The number of para-hydroxylation sites is 1. The molecule has 2 aromatic heterocycles. The Morgan fingerprint density at radius 1 is 0.643 bits per heavy atom. The van der Waals surface area contributed by atoms with Crippen molar-refractivity contribution < 1.29 is 0 Å². The highest BCUT2D eigenvalue weighted by atomic mass is 32.1. The van der Waals surface area contributed by atoms with Gasteiger partial charge in [-0.2, -0.15) is 0 Å². The van der Waals surface area contributed by atoms with E-state index in [1.54, 1.807) is 0 Å². The Hall–Kier alpha value is -3.30. The summed E-state index contributed by atoms with van der Waals surface area (Å²) >= 11 is 1.87. The van der Waals surface area contributed by atoms with E-state index >= 15 is 0 Å². The van der Waals surface area contributed by atoms with Gasteiger partial charge in [0.1, 0.15) is 0 Å². The van der Waals surface area contributed by atoms with Crippen LogP contribution in [0.25, 0.3) is 47.7 Å². The van der Waals surface area contributed by atoms with Crippen molar-refractivity contribution in [3.8, 4) is 5.69 Å². The molecule has 0 atom stereocenters. The van der Waals surface area contributed by atoms with Crippen LogP contribution in [-0.2, 0) is 0 Å². The smallest absolute Gasteiger partial charge is 0.0542 e. The van der Waals surface area contributed by atoms with Gasteiger partial charge in [0.25, 0.3) is 0 Å². The molecule has 6 rings (SSSR count). The van der Waals surface area contributed by atoms with Gasteiger partial charge in [0.05, 0.1) is 11.0 Å². The molecule has 2 nitrogen and oxygen atoms in total. The van der Waals surface area contributed by atoms with Crippen molar-refractivity contribution in [1.29, 1.82) is 0 Å². The van der Waals surface area contributed by atoms with Crippen LogP contribution in [0.4, 0.5) is 5.69 Å². The van der Waals surface area contributed by atoms with Crippen LogP contribution in [0.15, 0.2) is 84.9 Å². The third-order valence-corrected chi connectivity index (χ3v) is 6.72. The molecule has 3 heteroatoms. The number of fused-ring (bicyclic) bond motifs is 6. The van der Waals surface area contributed by atoms with E-state index < -0.39 is 0 Å². The summed E-state index contributed by atoms with van der Waals surface area (Å²) in [6.45, 7) is 0. The fraction of sp³-hybridized carbons (Fsp3) is 0.0400. The Morgan fingerprint density at radius 3 is 2.29 bits per heavy atom. The number of anilines is 1. The van der Waals surface area contributed by atoms with Gasteiger partial charge in [0, 0.05) is 49.4 Å². The van der Waals surface area contributed by atoms with Gasteiger partial charge in [0.2, 0.25) is 0 Å². The maximum atomic E-state index is 3.26. The maximum absolute atomic E-state index is 3.26. The van der Waals surface area contributed by atoms with E-state index in [2.05, 4.69) is 94.8 Å². The van der Waals surface area contributed by atoms with E-state index in [1.165, 1.54) is 47.7 Å². The number of nitrogens with one attached hydrogen (secondary N) is 1. The van der Waals surface area contributed by atoms with Crippen molar-refractivity contribution >= 4 is 59.0 Å². The van der Waals surface area contributed by atoms with E-state index in [1.807, 2.05) is 18.4 Å². The predicted octanol–water partition coefficient (Wildman–Crippen LogP) is 7.19. The standard InChI is InChI=1S/C25H18N2S/c1-26-16-10-13-23-21(14-16)18-6-2-4-8-22(18)27(23)17-11-12-20-19-7-3-5-9-24(19)28-25(20)15-17/h2-15,26H,1H3. The second kappa shape index (κ2) is 5.85. The number of hydrogen-bond donors (Lipinski definition) is 1. The van der Waals surface area contributed by atoms with E-state index in [4.69, 9.17) is 0 Å². The van der Waals surface area contributed by atoms with Crippen molar-refractivity contribution in [1.82, 2.24) is 4.57 Å². The molecule has 0 unspecified atom stereocenters. The van der Waals surface area contributed by atoms with Crippen LogP contribution in [-0.4, -0.2) is 11.6 Å². The lowest BCUT2D eigenvalue weighted by molar-refractivity contribution is 1.19. The summed E-state index contributed by atoms with van der Waals surface area (Å²) in [6, 6.07) is 30.8. The Kier molecular flexibility index (Phi) is 3.28. The number of rotatable bonds is 2. The SMILES string of the molecule is CNc1ccc2c(c1)c1ccccc1n2-c1ccc2c(c1)sc1ccccc12. The second-order valence-electron chi connectivity index (χ2n) is 7.11. The molecule has 0 bridgehead atoms. The molecule has 0 aliphatic carbocycles. The summed E-state index contributed by atoms with van der Waals surface area (Å²) in [5.41, 5.74) is 4.82. The maximum Gasteiger partial charge on any atom is 0.0542 e. The van der Waals surface area contributed by atoms with Crippen molar-refractivity contribution in [3.05, 3.63) is 84.9 Å². The molecule has 28 heavy (non-hydrogen) atoms. The van der Waals surface area contributed by atoms with Gasteiger partial charge in [-0.05, 0) is 42.5 Å². The highest BCUT2D eigenvalue weighted by molar-refractivity contribution is 7.25. The molecule has 2 heterocycles. The Labute approximate surface area is 166 Å². The molecule has 6 aromatic rings. The van der Waals surface area contributed by atoms with Crippen LogP contribution < -0.4 is 5.32 Å². The minimum atomic E-state index is 1.13. The highest BCUT2D eigenvalue weighted by Crippen LogP contribution is 2.38. The summed E-state index contributed by atoms with van der Waals surface area (Å²) in [7, 11) is 1.97. The van der Waals surface area contributed by atoms with E-state index in [0.717, 1.165) is 5.69 Å². The lowest BCUT2D eigenvalue weighted by atomic mass is 10.1. The van der Waals surface area contributed by atoms with Crippen molar-refractivity contribution in [2.45, 2.75) is 0 Å². The third kappa shape index (κ3) is 2.14. The Bertz CT molecular complexity index is 1500. The van der Waals surface area contributed by atoms with Crippen LogP contribution in [0.1, 0.15) is 0 Å². The van der Waals surface area contributed by atoms with E-state index in [0.29, 0.717) is 0 Å². The molecule has 1 N–H and O–H groups in total. The average Bonchev–Trinajstić information content (AvgIpc) is 3.28. The predicted molar refractivity (Wildman–Crippen MR) is 123 cm³/mol. The van der Waals surface area contributed by atoms with E-state index in [9.17, 15) is 0 Å². The first-order chi connectivity index (χ1) is 13.8. The molecule has 4 aromatic carbocycles. The molecule has 0 fully saturated rings. The molecule has 0 aliphatic heterocycles. The molecule has 0 spiro atoms. The van der Waals surface area contributed by atoms with Gasteiger partial charge in [-0.3, -0.25) is 0 Å². The van der Waals surface area contributed by atoms with Gasteiger partial charge in [-0.1, -0.05) is 42.5 Å². The zero-order valence-electron chi connectivity index (χ0n) is 15.4. The Balaban J connectivity index is 1.70. The van der Waals surface area contributed by atoms with Crippen molar-refractivity contribution in [2.75, 3.05) is 12.4 Å². The summed E-state index contributed by atoms with van der Waals surface area (Å²) in [5.74, 6) is 0. The third-order valence-electron chi connectivity index (χ3n) is 5.58.